The highest BCUT2D eigenvalue weighted by molar-refractivity contribution is 7.89. The lowest BCUT2D eigenvalue weighted by atomic mass is 10.0. The maximum Gasteiger partial charge on any atom is 0.355 e. The van der Waals surface area contributed by atoms with Crippen LogP contribution in [0.4, 0.5) is 0 Å². The van der Waals surface area contributed by atoms with Gasteiger partial charge in [-0.1, -0.05) is 18.2 Å². The number of primary sulfonamides is 1. The fourth-order valence-corrected chi connectivity index (χ4v) is 5.44. The summed E-state index contributed by atoms with van der Waals surface area (Å²) in [4.78, 5) is 18.0. The lowest BCUT2D eigenvalue weighted by Crippen LogP contribution is -2.35. The number of thiazole rings is 1. The normalized spacial score (nSPS) is 15.1. The maximum absolute atomic E-state index is 11.9. The molecule has 11 heteroatoms. The van der Waals surface area contributed by atoms with Crippen molar-refractivity contribution in [1.29, 1.82) is 0 Å². The van der Waals surface area contributed by atoms with Crippen LogP contribution < -0.4 is 5.14 Å². The van der Waals surface area contributed by atoms with Crippen molar-refractivity contribution in [1.82, 2.24) is 14.5 Å². The zero-order valence-corrected chi connectivity index (χ0v) is 19.7. The highest BCUT2D eigenvalue weighted by Gasteiger charge is 2.19. The van der Waals surface area contributed by atoms with E-state index in [9.17, 15) is 18.3 Å². The van der Waals surface area contributed by atoms with E-state index in [1.165, 1.54) is 22.8 Å². The largest absolute Gasteiger partial charge is 0.476 e. The Bertz CT molecular complexity index is 1490. The summed E-state index contributed by atoms with van der Waals surface area (Å²) in [5.41, 5.74) is 3.42. The first-order valence-electron chi connectivity index (χ1n) is 10.6. The third kappa shape index (κ3) is 4.48. The van der Waals surface area contributed by atoms with Gasteiger partial charge in [-0.3, -0.25) is 9.47 Å². The van der Waals surface area contributed by atoms with Crippen molar-refractivity contribution in [2.75, 3.05) is 26.3 Å². The van der Waals surface area contributed by atoms with Crippen LogP contribution in [0.1, 0.15) is 16.1 Å². The van der Waals surface area contributed by atoms with Crippen molar-refractivity contribution >= 4 is 38.2 Å². The SMILES string of the molecule is NS(=O)(=O)c1cccc(-c2cn(-c3nc(C(=O)O)cs3)c3ccc(CN4CCOCC4)cc23)c1. The van der Waals surface area contributed by atoms with E-state index in [0.717, 1.165) is 41.7 Å². The third-order valence-corrected chi connectivity index (χ3v) is 7.52. The molecular weight excluding hydrogens is 476 g/mol. The van der Waals surface area contributed by atoms with E-state index in [1.54, 1.807) is 12.1 Å². The standard InChI is InChI=1S/C23H22N4O5S2/c24-34(30,31)17-3-1-2-16(11-17)19-13-27(23-25-20(14-33-23)22(28)29)21-5-4-15(10-18(19)21)12-26-6-8-32-9-7-26/h1-5,10-11,13-14H,6-9,12H2,(H,28,29)(H2,24,30,31). The Hall–Kier alpha value is -3.09. The second kappa shape index (κ2) is 8.93. The van der Waals surface area contributed by atoms with Crippen LogP contribution in [-0.4, -0.2) is 60.2 Å². The molecular formula is C23H22N4O5S2. The number of aromatic nitrogens is 2. The van der Waals surface area contributed by atoms with Gasteiger partial charge in [-0.15, -0.1) is 11.3 Å². The van der Waals surface area contributed by atoms with Gasteiger partial charge in [-0.25, -0.2) is 23.3 Å². The summed E-state index contributed by atoms with van der Waals surface area (Å²) in [6.45, 7) is 3.90. The predicted molar refractivity (Wildman–Crippen MR) is 129 cm³/mol. The highest BCUT2D eigenvalue weighted by Crippen LogP contribution is 2.35. The van der Waals surface area contributed by atoms with Crippen molar-refractivity contribution in [3.05, 3.63) is 65.3 Å². The van der Waals surface area contributed by atoms with Gasteiger partial charge in [0.2, 0.25) is 10.0 Å². The second-order valence-corrected chi connectivity index (χ2v) is 10.4. The number of morpholine rings is 1. The molecule has 5 rings (SSSR count). The van der Waals surface area contributed by atoms with E-state index < -0.39 is 16.0 Å². The first kappa shape index (κ1) is 22.7. The highest BCUT2D eigenvalue weighted by atomic mass is 32.2. The van der Waals surface area contributed by atoms with Crippen molar-refractivity contribution in [2.45, 2.75) is 11.4 Å². The number of sulfonamides is 1. The summed E-state index contributed by atoms with van der Waals surface area (Å²) in [5, 5.41) is 17.6. The van der Waals surface area contributed by atoms with Crippen LogP contribution in [0, 0.1) is 0 Å². The zero-order chi connectivity index (χ0) is 23.9. The minimum Gasteiger partial charge on any atom is -0.476 e. The number of aromatic carboxylic acids is 1. The Morgan fingerprint density at radius 3 is 2.68 bits per heavy atom. The molecule has 2 aromatic carbocycles. The molecule has 3 heterocycles. The Kier molecular flexibility index (Phi) is 5.96. The summed E-state index contributed by atoms with van der Waals surface area (Å²) < 4.78 is 31.2. The molecule has 34 heavy (non-hydrogen) atoms. The molecule has 4 aromatic rings. The van der Waals surface area contributed by atoms with Crippen LogP contribution in [0.15, 0.2) is 58.9 Å². The molecule has 9 nitrogen and oxygen atoms in total. The molecule has 1 saturated heterocycles. The number of benzene rings is 2. The predicted octanol–water partition coefficient (Wildman–Crippen LogP) is 2.93. The van der Waals surface area contributed by atoms with Gasteiger partial charge in [0.1, 0.15) is 0 Å². The number of hydrogen-bond donors (Lipinski definition) is 2. The molecule has 0 radical (unpaired) electrons. The van der Waals surface area contributed by atoms with Gasteiger partial charge in [-0.05, 0) is 35.4 Å². The van der Waals surface area contributed by atoms with Crippen LogP contribution in [0.5, 0.6) is 0 Å². The summed E-state index contributed by atoms with van der Waals surface area (Å²) >= 11 is 1.23. The van der Waals surface area contributed by atoms with Gasteiger partial charge < -0.3 is 9.84 Å². The van der Waals surface area contributed by atoms with Gasteiger partial charge in [-0.2, -0.15) is 0 Å². The molecule has 0 amide bonds. The third-order valence-electron chi connectivity index (χ3n) is 5.77. The number of carbonyl (C=O) groups is 1. The molecule has 0 aliphatic carbocycles. The maximum atomic E-state index is 11.9. The molecule has 0 spiro atoms. The number of rotatable bonds is 6. The van der Waals surface area contributed by atoms with E-state index in [0.29, 0.717) is 23.9 Å². The van der Waals surface area contributed by atoms with Crippen LogP contribution in [-0.2, 0) is 21.3 Å². The van der Waals surface area contributed by atoms with Crippen LogP contribution in [0.2, 0.25) is 0 Å². The molecule has 3 N–H and O–H groups in total. The molecule has 176 valence electrons. The molecule has 0 bridgehead atoms. The summed E-state index contributed by atoms with van der Waals surface area (Å²) in [7, 11) is -3.87. The number of fused-ring (bicyclic) bond motifs is 1. The van der Waals surface area contributed by atoms with Crippen LogP contribution in [0.3, 0.4) is 0 Å². The number of carboxylic acids is 1. The topological polar surface area (TPSA) is 128 Å². The lowest BCUT2D eigenvalue weighted by molar-refractivity contribution is 0.0342. The summed E-state index contributed by atoms with van der Waals surface area (Å²) in [5.74, 6) is -1.09. The fraction of sp³-hybridized carbons (Fsp3) is 0.217. The zero-order valence-electron chi connectivity index (χ0n) is 18.0. The van der Waals surface area contributed by atoms with Crippen molar-refractivity contribution in [3.63, 3.8) is 0 Å². The quantitative estimate of drug-likeness (QED) is 0.418. The van der Waals surface area contributed by atoms with Gasteiger partial charge >= 0.3 is 5.97 Å². The van der Waals surface area contributed by atoms with E-state index in [2.05, 4.69) is 16.0 Å². The Labute approximate surface area is 200 Å². The Morgan fingerprint density at radius 1 is 1.18 bits per heavy atom. The minimum absolute atomic E-state index is 0.0245. The van der Waals surface area contributed by atoms with E-state index in [1.807, 2.05) is 29.0 Å². The van der Waals surface area contributed by atoms with Crippen LogP contribution in [0.25, 0.3) is 27.2 Å². The van der Waals surface area contributed by atoms with E-state index in [-0.39, 0.29) is 10.6 Å². The van der Waals surface area contributed by atoms with Crippen molar-refractivity contribution in [2.24, 2.45) is 5.14 Å². The first-order chi connectivity index (χ1) is 16.3. The average Bonchev–Trinajstić information content (AvgIpc) is 3.44. The number of ether oxygens (including phenoxy) is 1. The van der Waals surface area contributed by atoms with E-state index in [4.69, 9.17) is 9.88 Å². The van der Waals surface area contributed by atoms with Gasteiger partial charge in [0.15, 0.2) is 10.8 Å². The molecule has 2 aromatic heterocycles. The van der Waals surface area contributed by atoms with E-state index >= 15 is 0 Å². The smallest absolute Gasteiger partial charge is 0.355 e. The van der Waals surface area contributed by atoms with Crippen molar-refractivity contribution in [3.8, 4) is 16.3 Å². The summed E-state index contributed by atoms with van der Waals surface area (Å²) in [6, 6.07) is 12.6. The molecule has 0 unspecified atom stereocenters. The molecule has 0 saturated carbocycles. The first-order valence-corrected chi connectivity index (χ1v) is 13.0. The molecule has 1 fully saturated rings. The van der Waals surface area contributed by atoms with Gasteiger partial charge in [0.05, 0.1) is 23.6 Å². The second-order valence-electron chi connectivity index (χ2n) is 8.05. The van der Waals surface area contributed by atoms with Crippen LogP contribution >= 0.6 is 11.3 Å². The average molecular weight is 499 g/mol. The molecule has 1 aliphatic rings. The Balaban J connectivity index is 1.65. The van der Waals surface area contributed by atoms with Gasteiger partial charge in [0.25, 0.3) is 0 Å². The van der Waals surface area contributed by atoms with Gasteiger partial charge in [0, 0.05) is 42.2 Å². The molecule has 1 aliphatic heterocycles. The fourth-order valence-electron chi connectivity index (χ4n) is 4.10. The number of nitrogens with two attached hydrogens (primary N) is 1. The molecule has 0 atom stereocenters. The number of carboxylic acid groups (broad SMARTS) is 1. The number of nitrogens with zero attached hydrogens (tertiary/aromatic N) is 3. The van der Waals surface area contributed by atoms with Crippen molar-refractivity contribution < 1.29 is 23.1 Å². The number of hydrogen-bond acceptors (Lipinski definition) is 7. The minimum atomic E-state index is -3.87. The summed E-state index contributed by atoms with van der Waals surface area (Å²) in [6.07, 6.45) is 1.86. The monoisotopic (exact) mass is 498 g/mol. The Morgan fingerprint density at radius 2 is 1.97 bits per heavy atom. The lowest BCUT2D eigenvalue weighted by Gasteiger charge is -2.26.